The van der Waals surface area contributed by atoms with E-state index in [1.165, 1.54) is 17.0 Å². The molecule has 2 heterocycles. The van der Waals surface area contributed by atoms with E-state index in [1.807, 2.05) is 0 Å². The van der Waals surface area contributed by atoms with E-state index in [0.717, 1.165) is 39.1 Å². The van der Waals surface area contributed by atoms with Crippen molar-refractivity contribution < 1.29 is 14.0 Å². The highest BCUT2D eigenvalue weighted by atomic mass is 19.1. The maximum atomic E-state index is 13.5. The van der Waals surface area contributed by atoms with Crippen molar-refractivity contribution in [3.05, 3.63) is 30.1 Å². The van der Waals surface area contributed by atoms with Gasteiger partial charge in [0, 0.05) is 44.8 Å². The normalized spacial score (nSPS) is 22.1. The van der Waals surface area contributed by atoms with Crippen LogP contribution in [0.25, 0.3) is 0 Å². The predicted molar refractivity (Wildman–Crippen MR) is 98.4 cm³/mol. The number of hydrogen-bond donors (Lipinski definition) is 2. The number of carbonyl (C=O) groups is 2. The SMILES string of the molecule is O=C(NCCN1CCCNCC1)C1CCC(=O)N(c2cccc(F)c2)C1. The maximum absolute atomic E-state index is 13.5. The lowest BCUT2D eigenvalue weighted by atomic mass is 9.96. The van der Waals surface area contributed by atoms with Crippen LogP contribution in [0.4, 0.5) is 10.1 Å². The zero-order valence-electron chi connectivity index (χ0n) is 15.0. The first-order valence-corrected chi connectivity index (χ1v) is 9.40. The smallest absolute Gasteiger partial charge is 0.227 e. The maximum Gasteiger partial charge on any atom is 0.227 e. The lowest BCUT2D eigenvalue weighted by Crippen LogP contribution is -2.47. The molecule has 6 nitrogen and oxygen atoms in total. The second-order valence-electron chi connectivity index (χ2n) is 6.96. The highest BCUT2D eigenvalue weighted by molar-refractivity contribution is 5.96. The summed E-state index contributed by atoms with van der Waals surface area (Å²) in [5.74, 6) is -0.709. The van der Waals surface area contributed by atoms with Crippen molar-refractivity contribution >= 4 is 17.5 Å². The Bertz CT molecular complexity index is 632. The van der Waals surface area contributed by atoms with Crippen molar-refractivity contribution in [1.29, 1.82) is 0 Å². The number of carbonyl (C=O) groups excluding carboxylic acids is 2. The van der Waals surface area contributed by atoms with Crippen molar-refractivity contribution in [1.82, 2.24) is 15.5 Å². The van der Waals surface area contributed by atoms with Gasteiger partial charge in [-0.15, -0.1) is 0 Å². The van der Waals surface area contributed by atoms with Gasteiger partial charge in [-0.05, 0) is 44.1 Å². The van der Waals surface area contributed by atoms with E-state index in [0.29, 0.717) is 31.6 Å². The van der Waals surface area contributed by atoms with Crippen LogP contribution in [0.15, 0.2) is 24.3 Å². The van der Waals surface area contributed by atoms with Gasteiger partial charge in [0.25, 0.3) is 0 Å². The Hall–Kier alpha value is -1.99. The predicted octanol–water partition coefficient (Wildman–Crippen LogP) is 0.980. The molecule has 142 valence electrons. The number of piperidine rings is 1. The highest BCUT2D eigenvalue weighted by Crippen LogP contribution is 2.24. The molecule has 2 saturated heterocycles. The largest absolute Gasteiger partial charge is 0.355 e. The summed E-state index contributed by atoms with van der Waals surface area (Å²) in [5, 5.41) is 6.37. The number of rotatable bonds is 5. The van der Waals surface area contributed by atoms with Crippen molar-refractivity contribution in [2.45, 2.75) is 19.3 Å². The summed E-state index contributed by atoms with van der Waals surface area (Å²) in [6.45, 7) is 5.85. The van der Waals surface area contributed by atoms with Gasteiger partial charge in [-0.3, -0.25) is 9.59 Å². The average Bonchev–Trinajstić information content (AvgIpc) is 2.91. The molecule has 1 aromatic rings. The number of hydrogen-bond acceptors (Lipinski definition) is 4. The molecule has 0 radical (unpaired) electrons. The first kappa shape index (κ1) is 18.8. The third-order valence-corrected chi connectivity index (χ3v) is 5.06. The number of benzene rings is 1. The van der Waals surface area contributed by atoms with Crippen LogP contribution in [0.5, 0.6) is 0 Å². The first-order chi connectivity index (χ1) is 12.6. The monoisotopic (exact) mass is 362 g/mol. The van der Waals surface area contributed by atoms with Crippen molar-refractivity contribution in [2.75, 3.05) is 50.7 Å². The quantitative estimate of drug-likeness (QED) is 0.820. The first-order valence-electron chi connectivity index (χ1n) is 9.40. The molecule has 0 saturated carbocycles. The molecule has 0 spiro atoms. The van der Waals surface area contributed by atoms with Crippen LogP contribution >= 0.6 is 0 Å². The number of amides is 2. The molecule has 2 aliphatic rings. The van der Waals surface area contributed by atoms with Crippen LogP contribution in [0.1, 0.15) is 19.3 Å². The standard InChI is InChI=1S/C19H27FN4O2/c20-16-3-1-4-17(13-16)24-14-15(5-6-18(24)25)19(26)22-9-12-23-10-2-7-21-8-11-23/h1,3-4,13,15,21H,2,5-12,14H2,(H,22,26). The van der Waals surface area contributed by atoms with E-state index in [-0.39, 0.29) is 23.5 Å². The Morgan fingerprint density at radius 1 is 1.31 bits per heavy atom. The summed E-state index contributed by atoms with van der Waals surface area (Å²) >= 11 is 0. The molecule has 2 aliphatic heterocycles. The zero-order chi connectivity index (χ0) is 18.4. The fourth-order valence-electron chi connectivity index (χ4n) is 3.56. The number of halogens is 1. The second-order valence-corrected chi connectivity index (χ2v) is 6.96. The summed E-state index contributed by atoms with van der Waals surface area (Å²) in [6.07, 6.45) is 1.98. The zero-order valence-corrected chi connectivity index (χ0v) is 15.0. The van der Waals surface area contributed by atoms with Gasteiger partial charge in [0.05, 0.1) is 5.92 Å². The summed E-state index contributed by atoms with van der Waals surface area (Å²) in [4.78, 5) is 28.6. The topological polar surface area (TPSA) is 64.7 Å². The molecule has 1 atom stereocenters. The minimum atomic E-state index is -0.381. The lowest BCUT2D eigenvalue weighted by molar-refractivity contribution is -0.127. The molecular formula is C19H27FN4O2. The molecule has 2 fully saturated rings. The molecular weight excluding hydrogens is 335 g/mol. The number of nitrogens with one attached hydrogen (secondary N) is 2. The van der Waals surface area contributed by atoms with Crippen LogP contribution in [-0.4, -0.2) is 62.5 Å². The third-order valence-electron chi connectivity index (χ3n) is 5.06. The Morgan fingerprint density at radius 2 is 2.19 bits per heavy atom. The Kier molecular flexibility index (Phi) is 6.57. The van der Waals surface area contributed by atoms with Crippen molar-refractivity contribution in [3.63, 3.8) is 0 Å². The Balaban J connectivity index is 1.50. The van der Waals surface area contributed by atoms with Gasteiger partial charge in [0.15, 0.2) is 0 Å². The fraction of sp³-hybridized carbons (Fsp3) is 0.579. The summed E-state index contributed by atoms with van der Waals surface area (Å²) in [7, 11) is 0. The molecule has 0 aliphatic carbocycles. The van der Waals surface area contributed by atoms with Crippen LogP contribution in [0.2, 0.25) is 0 Å². The molecule has 1 aromatic carbocycles. The second kappa shape index (κ2) is 9.09. The van der Waals surface area contributed by atoms with E-state index in [9.17, 15) is 14.0 Å². The van der Waals surface area contributed by atoms with E-state index >= 15 is 0 Å². The summed E-state index contributed by atoms with van der Waals surface area (Å²) in [6, 6.07) is 5.97. The minimum Gasteiger partial charge on any atom is -0.355 e. The third kappa shape index (κ3) is 5.02. The molecule has 0 aromatic heterocycles. The van der Waals surface area contributed by atoms with Gasteiger partial charge in [-0.25, -0.2) is 4.39 Å². The molecule has 26 heavy (non-hydrogen) atoms. The van der Waals surface area contributed by atoms with Gasteiger partial charge in [-0.2, -0.15) is 0 Å². The van der Waals surface area contributed by atoms with E-state index in [1.54, 1.807) is 12.1 Å². The molecule has 0 bridgehead atoms. The molecule has 7 heteroatoms. The fourth-order valence-corrected chi connectivity index (χ4v) is 3.56. The van der Waals surface area contributed by atoms with Crippen molar-refractivity contribution in [3.8, 4) is 0 Å². The number of nitrogens with zero attached hydrogens (tertiary/aromatic N) is 2. The van der Waals surface area contributed by atoms with Crippen LogP contribution in [0, 0.1) is 11.7 Å². The average molecular weight is 362 g/mol. The minimum absolute atomic E-state index is 0.0214. The molecule has 2 amide bonds. The Labute approximate surface area is 153 Å². The van der Waals surface area contributed by atoms with E-state index in [2.05, 4.69) is 15.5 Å². The van der Waals surface area contributed by atoms with Crippen LogP contribution in [-0.2, 0) is 9.59 Å². The van der Waals surface area contributed by atoms with E-state index < -0.39 is 0 Å². The highest BCUT2D eigenvalue weighted by Gasteiger charge is 2.31. The molecule has 2 N–H and O–H groups in total. The van der Waals surface area contributed by atoms with Crippen LogP contribution < -0.4 is 15.5 Å². The van der Waals surface area contributed by atoms with Gasteiger partial charge in [-0.1, -0.05) is 6.07 Å². The van der Waals surface area contributed by atoms with Gasteiger partial charge in [0.2, 0.25) is 11.8 Å². The van der Waals surface area contributed by atoms with E-state index in [4.69, 9.17) is 0 Å². The molecule has 1 unspecified atom stereocenters. The van der Waals surface area contributed by atoms with Gasteiger partial charge < -0.3 is 20.4 Å². The summed E-state index contributed by atoms with van der Waals surface area (Å²) < 4.78 is 13.5. The van der Waals surface area contributed by atoms with Gasteiger partial charge in [0.1, 0.15) is 5.82 Å². The summed E-state index contributed by atoms with van der Waals surface area (Å²) in [5.41, 5.74) is 0.518. The lowest BCUT2D eigenvalue weighted by Gasteiger charge is -2.32. The number of anilines is 1. The molecule has 3 rings (SSSR count). The Morgan fingerprint density at radius 3 is 3.04 bits per heavy atom. The van der Waals surface area contributed by atoms with Crippen LogP contribution in [0.3, 0.4) is 0 Å². The van der Waals surface area contributed by atoms with Gasteiger partial charge >= 0.3 is 0 Å². The van der Waals surface area contributed by atoms with Crippen molar-refractivity contribution in [2.24, 2.45) is 5.92 Å².